The maximum Gasteiger partial charge on any atom is 0.255 e. The van der Waals surface area contributed by atoms with Crippen molar-refractivity contribution in [3.05, 3.63) is 34.1 Å². The van der Waals surface area contributed by atoms with Gasteiger partial charge in [0.2, 0.25) is 0 Å². The van der Waals surface area contributed by atoms with E-state index >= 15 is 0 Å². The van der Waals surface area contributed by atoms with Gasteiger partial charge in [-0.1, -0.05) is 0 Å². The number of nitrogens with one attached hydrogen (secondary N) is 1. The molecule has 5 heteroatoms. The lowest BCUT2D eigenvalue weighted by Gasteiger charge is -2.35. The van der Waals surface area contributed by atoms with Gasteiger partial charge >= 0.3 is 0 Å². The van der Waals surface area contributed by atoms with Crippen molar-refractivity contribution in [2.75, 3.05) is 19.6 Å². The first-order valence-electron chi connectivity index (χ1n) is 7.63. The SMILES string of the molecule is O=C(c1ccc(F)cc1Br)N1CCC(C2CCCN2)CC1. The van der Waals surface area contributed by atoms with Gasteiger partial charge in [0.05, 0.1) is 5.56 Å². The maximum atomic E-state index is 13.1. The Kier molecular flexibility index (Phi) is 4.60. The summed E-state index contributed by atoms with van der Waals surface area (Å²) in [5.41, 5.74) is 0.550. The fourth-order valence-corrected chi connectivity index (χ4v) is 3.97. The molecular weight excluding hydrogens is 335 g/mol. The zero-order valence-electron chi connectivity index (χ0n) is 11.9. The summed E-state index contributed by atoms with van der Waals surface area (Å²) in [6.07, 6.45) is 4.65. The van der Waals surface area contributed by atoms with Crippen LogP contribution in [0.3, 0.4) is 0 Å². The van der Waals surface area contributed by atoms with E-state index in [9.17, 15) is 9.18 Å². The van der Waals surface area contributed by atoms with Crippen LogP contribution < -0.4 is 5.32 Å². The van der Waals surface area contributed by atoms with Crippen LogP contribution in [0.5, 0.6) is 0 Å². The summed E-state index contributed by atoms with van der Waals surface area (Å²) in [4.78, 5) is 14.4. The van der Waals surface area contributed by atoms with Crippen LogP contribution in [0.15, 0.2) is 22.7 Å². The first-order chi connectivity index (χ1) is 10.1. The van der Waals surface area contributed by atoms with Crippen LogP contribution >= 0.6 is 15.9 Å². The Morgan fingerprint density at radius 3 is 2.67 bits per heavy atom. The largest absolute Gasteiger partial charge is 0.339 e. The summed E-state index contributed by atoms with van der Waals surface area (Å²) < 4.78 is 13.6. The molecular formula is C16H20BrFN2O. The Morgan fingerprint density at radius 2 is 2.05 bits per heavy atom. The molecule has 1 aromatic rings. The molecule has 1 unspecified atom stereocenters. The number of hydrogen-bond acceptors (Lipinski definition) is 2. The van der Waals surface area contributed by atoms with Gasteiger partial charge in [-0.05, 0) is 72.3 Å². The number of carbonyl (C=O) groups excluding carboxylic acids is 1. The Morgan fingerprint density at radius 1 is 1.29 bits per heavy atom. The summed E-state index contributed by atoms with van der Waals surface area (Å²) >= 11 is 3.28. The topological polar surface area (TPSA) is 32.3 Å². The molecule has 3 rings (SSSR count). The van der Waals surface area contributed by atoms with Crippen molar-refractivity contribution >= 4 is 21.8 Å². The van der Waals surface area contributed by atoms with Crippen molar-refractivity contribution < 1.29 is 9.18 Å². The molecule has 2 fully saturated rings. The van der Waals surface area contributed by atoms with Crippen molar-refractivity contribution in [3.8, 4) is 0 Å². The standard InChI is InChI=1S/C16H20BrFN2O/c17-14-10-12(18)3-4-13(14)16(21)20-8-5-11(6-9-20)15-2-1-7-19-15/h3-4,10-11,15,19H,1-2,5-9H2. The van der Waals surface area contributed by atoms with Gasteiger partial charge in [0, 0.05) is 23.6 Å². The third kappa shape index (κ3) is 3.29. The van der Waals surface area contributed by atoms with E-state index in [2.05, 4.69) is 21.2 Å². The Hall–Kier alpha value is -0.940. The summed E-state index contributed by atoms with van der Waals surface area (Å²) in [6, 6.07) is 4.89. The van der Waals surface area contributed by atoms with Crippen molar-refractivity contribution in [2.24, 2.45) is 5.92 Å². The molecule has 1 aromatic carbocycles. The second-order valence-corrected chi connectivity index (χ2v) is 6.81. The van der Waals surface area contributed by atoms with Gasteiger partial charge in [-0.3, -0.25) is 4.79 Å². The van der Waals surface area contributed by atoms with Crippen LogP contribution in [0.4, 0.5) is 4.39 Å². The van der Waals surface area contributed by atoms with E-state index in [1.54, 1.807) is 6.07 Å². The number of hydrogen-bond donors (Lipinski definition) is 1. The van der Waals surface area contributed by atoms with E-state index in [0.717, 1.165) is 32.5 Å². The second kappa shape index (κ2) is 6.44. The molecule has 2 aliphatic heterocycles. The van der Waals surface area contributed by atoms with E-state index in [1.807, 2.05) is 4.90 Å². The van der Waals surface area contributed by atoms with E-state index < -0.39 is 0 Å². The molecule has 1 amide bonds. The van der Waals surface area contributed by atoms with Crippen LogP contribution in [0.25, 0.3) is 0 Å². The average Bonchev–Trinajstić information content (AvgIpc) is 3.01. The fourth-order valence-electron chi connectivity index (χ4n) is 3.45. The summed E-state index contributed by atoms with van der Waals surface area (Å²) in [7, 11) is 0. The molecule has 0 saturated carbocycles. The van der Waals surface area contributed by atoms with E-state index in [0.29, 0.717) is 22.0 Å². The van der Waals surface area contributed by atoms with Gasteiger partial charge in [-0.15, -0.1) is 0 Å². The summed E-state index contributed by atoms with van der Waals surface area (Å²) in [6.45, 7) is 2.73. The molecule has 114 valence electrons. The normalized spacial score (nSPS) is 23.5. The van der Waals surface area contributed by atoms with Crippen molar-refractivity contribution in [2.45, 2.75) is 31.7 Å². The zero-order valence-corrected chi connectivity index (χ0v) is 13.5. The lowest BCUT2D eigenvalue weighted by molar-refractivity contribution is 0.0673. The quantitative estimate of drug-likeness (QED) is 0.884. The number of carbonyl (C=O) groups is 1. The third-order valence-corrected chi connectivity index (χ3v) is 5.31. The minimum Gasteiger partial charge on any atom is -0.339 e. The smallest absolute Gasteiger partial charge is 0.255 e. The highest BCUT2D eigenvalue weighted by Gasteiger charge is 2.30. The monoisotopic (exact) mass is 354 g/mol. The maximum absolute atomic E-state index is 13.1. The van der Waals surface area contributed by atoms with Crippen molar-refractivity contribution in [1.29, 1.82) is 0 Å². The third-order valence-electron chi connectivity index (χ3n) is 4.66. The van der Waals surface area contributed by atoms with E-state index in [1.165, 1.54) is 25.0 Å². The molecule has 0 bridgehead atoms. The number of rotatable bonds is 2. The number of halogens is 2. The number of piperidine rings is 1. The highest BCUT2D eigenvalue weighted by Crippen LogP contribution is 2.27. The van der Waals surface area contributed by atoms with Gasteiger partial charge < -0.3 is 10.2 Å². The van der Waals surface area contributed by atoms with Gasteiger partial charge in [0.25, 0.3) is 5.91 Å². The number of nitrogens with zero attached hydrogens (tertiary/aromatic N) is 1. The van der Waals surface area contributed by atoms with E-state index in [-0.39, 0.29) is 11.7 Å². The predicted molar refractivity (Wildman–Crippen MR) is 83.8 cm³/mol. The molecule has 2 aliphatic rings. The van der Waals surface area contributed by atoms with Gasteiger partial charge in [0.15, 0.2) is 0 Å². The van der Waals surface area contributed by atoms with E-state index in [4.69, 9.17) is 0 Å². The highest BCUT2D eigenvalue weighted by molar-refractivity contribution is 9.10. The highest BCUT2D eigenvalue weighted by atomic mass is 79.9. The van der Waals surface area contributed by atoms with Crippen LogP contribution in [0.1, 0.15) is 36.0 Å². The number of likely N-dealkylation sites (tertiary alicyclic amines) is 1. The number of benzene rings is 1. The zero-order chi connectivity index (χ0) is 14.8. The van der Waals surface area contributed by atoms with Crippen molar-refractivity contribution in [1.82, 2.24) is 10.2 Å². The Labute approximate surface area is 133 Å². The first-order valence-corrected chi connectivity index (χ1v) is 8.42. The first kappa shape index (κ1) is 15.0. The molecule has 2 saturated heterocycles. The fraction of sp³-hybridized carbons (Fsp3) is 0.562. The predicted octanol–water partition coefficient (Wildman–Crippen LogP) is 3.19. The summed E-state index contributed by atoms with van der Waals surface area (Å²) in [5.74, 6) is 0.359. The molecule has 1 atom stereocenters. The molecule has 0 aromatic heterocycles. The molecule has 3 nitrogen and oxygen atoms in total. The Balaban J connectivity index is 1.62. The molecule has 0 spiro atoms. The average molecular weight is 355 g/mol. The molecule has 21 heavy (non-hydrogen) atoms. The summed E-state index contributed by atoms with van der Waals surface area (Å²) in [5, 5.41) is 3.56. The van der Waals surface area contributed by atoms with Crippen LogP contribution in [-0.2, 0) is 0 Å². The van der Waals surface area contributed by atoms with Gasteiger partial charge in [-0.2, -0.15) is 0 Å². The van der Waals surface area contributed by atoms with Gasteiger partial charge in [-0.25, -0.2) is 4.39 Å². The van der Waals surface area contributed by atoms with Crippen LogP contribution in [-0.4, -0.2) is 36.5 Å². The molecule has 0 radical (unpaired) electrons. The second-order valence-electron chi connectivity index (χ2n) is 5.96. The Bertz CT molecular complexity index is 523. The lowest BCUT2D eigenvalue weighted by atomic mass is 9.88. The number of amides is 1. The van der Waals surface area contributed by atoms with Crippen LogP contribution in [0, 0.1) is 11.7 Å². The van der Waals surface area contributed by atoms with Crippen LogP contribution in [0.2, 0.25) is 0 Å². The van der Waals surface area contributed by atoms with Gasteiger partial charge in [0.1, 0.15) is 5.82 Å². The molecule has 1 N–H and O–H groups in total. The molecule has 2 heterocycles. The molecule has 0 aliphatic carbocycles. The minimum absolute atomic E-state index is 0.000272. The minimum atomic E-state index is -0.329. The van der Waals surface area contributed by atoms with Crippen molar-refractivity contribution in [3.63, 3.8) is 0 Å². The lowest BCUT2D eigenvalue weighted by Crippen LogP contribution is -2.43.